The first-order valence-electron chi connectivity index (χ1n) is 6.25. The van der Waals surface area contributed by atoms with E-state index in [1.54, 1.807) is 6.20 Å². The van der Waals surface area contributed by atoms with E-state index in [0.29, 0.717) is 24.7 Å². The molecule has 0 N–H and O–H groups in total. The van der Waals surface area contributed by atoms with Crippen LogP contribution in [0.3, 0.4) is 0 Å². The molecule has 4 heteroatoms. The number of carbonyl (C=O) groups is 1. The number of nitrogens with zero attached hydrogens (tertiary/aromatic N) is 1. The molecule has 0 atom stereocenters. The molecule has 0 spiro atoms. The molecule has 1 saturated heterocycles. The van der Waals surface area contributed by atoms with Crippen molar-refractivity contribution in [2.75, 3.05) is 13.2 Å². The monoisotopic (exact) mass is 237 g/mol. The van der Waals surface area contributed by atoms with Gasteiger partial charge in [-0.2, -0.15) is 0 Å². The van der Waals surface area contributed by atoms with Gasteiger partial charge < -0.3 is 9.15 Å². The average molecular weight is 237 g/mol. The minimum Gasteiger partial charge on any atom is -0.446 e. The number of oxazole rings is 1. The molecule has 0 aromatic carbocycles. The Morgan fingerprint density at radius 3 is 2.88 bits per heavy atom. The third kappa shape index (κ3) is 3.97. The van der Waals surface area contributed by atoms with Crippen LogP contribution < -0.4 is 0 Å². The molecule has 17 heavy (non-hydrogen) atoms. The molecule has 1 aromatic rings. The van der Waals surface area contributed by atoms with E-state index in [4.69, 9.17) is 9.15 Å². The van der Waals surface area contributed by atoms with Crippen molar-refractivity contribution in [2.24, 2.45) is 5.92 Å². The summed E-state index contributed by atoms with van der Waals surface area (Å²) in [5, 5.41) is 0. The van der Waals surface area contributed by atoms with E-state index in [1.807, 2.05) is 6.92 Å². The van der Waals surface area contributed by atoms with Gasteiger partial charge in [-0.25, -0.2) is 4.98 Å². The Kier molecular flexibility index (Phi) is 4.31. The summed E-state index contributed by atoms with van der Waals surface area (Å²) in [5.41, 5.74) is 0. The Hall–Kier alpha value is -1.16. The van der Waals surface area contributed by atoms with Gasteiger partial charge in [0.1, 0.15) is 11.5 Å². The summed E-state index contributed by atoms with van der Waals surface area (Å²) in [7, 11) is 0. The molecule has 1 aliphatic rings. The van der Waals surface area contributed by atoms with Crippen LogP contribution in [0, 0.1) is 12.8 Å². The molecule has 0 bridgehead atoms. The average Bonchev–Trinajstić information content (AvgIpc) is 2.73. The maximum atomic E-state index is 11.7. The standard InChI is InChI=1S/C13H19NO3/c1-10-9-14-13(17-10)8-12(15)3-2-11-4-6-16-7-5-11/h9,11H,2-8H2,1H3. The SMILES string of the molecule is Cc1cnc(CC(=O)CCC2CCOCC2)o1. The van der Waals surface area contributed by atoms with Crippen molar-refractivity contribution in [3.8, 4) is 0 Å². The minimum absolute atomic E-state index is 0.221. The third-order valence-electron chi connectivity index (χ3n) is 3.19. The van der Waals surface area contributed by atoms with Crippen LogP contribution in [-0.4, -0.2) is 24.0 Å². The van der Waals surface area contributed by atoms with Crippen LogP contribution in [0.15, 0.2) is 10.6 Å². The van der Waals surface area contributed by atoms with Crippen LogP contribution in [0.25, 0.3) is 0 Å². The Morgan fingerprint density at radius 2 is 2.24 bits per heavy atom. The van der Waals surface area contributed by atoms with E-state index in [0.717, 1.165) is 38.2 Å². The molecule has 2 rings (SSSR count). The molecular formula is C13H19NO3. The first kappa shape index (κ1) is 12.3. The highest BCUT2D eigenvalue weighted by Gasteiger charge is 2.16. The van der Waals surface area contributed by atoms with Gasteiger partial charge in [-0.1, -0.05) is 0 Å². The number of ether oxygens (including phenoxy) is 1. The zero-order chi connectivity index (χ0) is 12.1. The van der Waals surface area contributed by atoms with Crippen LogP contribution in [-0.2, 0) is 16.0 Å². The highest BCUT2D eigenvalue weighted by molar-refractivity contribution is 5.79. The van der Waals surface area contributed by atoms with Crippen molar-refractivity contribution < 1.29 is 13.9 Å². The zero-order valence-electron chi connectivity index (χ0n) is 10.3. The summed E-state index contributed by atoms with van der Waals surface area (Å²) in [5.74, 6) is 2.18. The molecular weight excluding hydrogens is 218 g/mol. The Balaban J connectivity index is 1.70. The number of hydrogen-bond donors (Lipinski definition) is 0. The molecule has 0 unspecified atom stereocenters. The van der Waals surface area contributed by atoms with Gasteiger partial charge in [-0.3, -0.25) is 4.79 Å². The predicted molar refractivity (Wildman–Crippen MR) is 62.7 cm³/mol. The third-order valence-corrected chi connectivity index (χ3v) is 3.19. The molecule has 0 amide bonds. The summed E-state index contributed by atoms with van der Waals surface area (Å²) in [6.45, 7) is 3.53. The van der Waals surface area contributed by atoms with Crippen molar-refractivity contribution in [1.29, 1.82) is 0 Å². The molecule has 4 nitrogen and oxygen atoms in total. The second-order valence-corrected chi connectivity index (χ2v) is 4.67. The number of ketones is 1. The van der Waals surface area contributed by atoms with E-state index in [9.17, 15) is 4.79 Å². The van der Waals surface area contributed by atoms with E-state index in [2.05, 4.69) is 4.98 Å². The molecule has 0 saturated carbocycles. The lowest BCUT2D eigenvalue weighted by molar-refractivity contribution is -0.119. The van der Waals surface area contributed by atoms with Gasteiger partial charge in [0.05, 0.1) is 12.6 Å². The molecule has 1 aromatic heterocycles. The van der Waals surface area contributed by atoms with Gasteiger partial charge in [0.25, 0.3) is 0 Å². The number of rotatable bonds is 5. The Bertz CT molecular complexity index is 366. The predicted octanol–water partition coefficient (Wildman–Crippen LogP) is 2.30. The molecule has 94 valence electrons. The van der Waals surface area contributed by atoms with Crippen molar-refractivity contribution in [1.82, 2.24) is 4.98 Å². The fraction of sp³-hybridized carbons (Fsp3) is 0.692. The number of aryl methyl sites for hydroxylation is 1. The summed E-state index contributed by atoms with van der Waals surface area (Å²) >= 11 is 0. The largest absolute Gasteiger partial charge is 0.446 e. The van der Waals surface area contributed by atoms with Crippen LogP contribution in [0.2, 0.25) is 0 Å². The maximum Gasteiger partial charge on any atom is 0.201 e. The topological polar surface area (TPSA) is 52.3 Å². The highest BCUT2D eigenvalue weighted by atomic mass is 16.5. The first-order chi connectivity index (χ1) is 8.24. The number of carbonyl (C=O) groups excluding carboxylic acids is 1. The lowest BCUT2D eigenvalue weighted by Crippen LogP contribution is -2.17. The van der Waals surface area contributed by atoms with Crippen LogP contribution in [0.5, 0.6) is 0 Å². The van der Waals surface area contributed by atoms with Crippen LogP contribution in [0.1, 0.15) is 37.3 Å². The maximum absolute atomic E-state index is 11.7. The lowest BCUT2D eigenvalue weighted by Gasteiger charge is -2.21. The van der Waals surface area contributed by atoms with Crippen LogP contribution >= 0.6 is 0 Å². The summed E-state index contributed by atoms with van der Waals surface area (Å²) < 4.78 is 10.6. The summed E-state index contributed by atoms with van der Waals surface area (Å²) in [4.78, 5) is 15.8. The Morgan fingerprint density at radius 1 is 1.47 bits per heavy atom. The summed E-state index contributed by atoms with van der Waals surface area (Å²) in [6.07, 6.45) is 5.77. The van der Waals surface area contributed by atoms with Gasteiger partial charge >= 0.3 is 0 Å². The summed E-state index contributed by atoms with van der Waals surface area (Å²) in [6, 6.07) is 0. The van der Waals surface area contributed by atoms with Crippen LogP contribution in [0.4, 0.5) is 0 Å². The minimum atomic E-state index is 0.221. The van der Waals surface area contributed by atoms with Gasteiger partial charge in [-0.15, -0.1) is 0 Å². The van der Waals surface area contributed by atoms with E-state index >= 15 is 0 Å². The van der Waals surface area contributed by atoms with Crippen molar-refractivity contribution in [2.45, 2.75) is 39.0 Å². The fourth-order valence-corrected chi connectivity index (χ4v) is 2.14. The van der Waals surface area contributed by atoms with Crippen molar-refractivity contribution in [3.05, 3.63) is 17.8 Å². The van der Waals surface area contributed by atoms with Gasteiger partial charge in [0, 0.05) is 19.6 Å². The fourth-order valence-electron chi connectivity index (χ4n) is 2.14. The van der Waals surface area contributed by atoms with Gasteiger partial charge in [0.2, 0.25) is 5.89 Å². The Labute approximate surface area is 101 Å². The molecule has 0 aliphatic carbocycles. The van der Waals surface area contributed by atoms with E-state index in [1.165, 1.54) is 0 Å². The number of aromatic nitrogens is 1. The number of hydrogen-bond acceptors (Lipinski definition) is 4. The molecule has 1 fully saturated rings. The molecule has 2 heterocycles. The molecule has 0 radical (unpaired) electrons. The quantitative estimate of drug-likeness (QED) is 0.788. The van der Waals surface area contributed by atoms with E-state index in [-0.39, 0.29) is 5.78 Å². The smallest absolute Gasteiger partial charge is 0.201 e. The van der Waals surface area contributed by atoms with Crippen molar-refractivity contribution in [3.63, 3.8) is 0 Å². The van der Waals surface area contributed by atoms with E-state index < -0.39 is 0 Å². The second-order valence-electron chi connectivity index (χ2n) is 4.67. The normalized spacial score (nSPS) is 17.2. The zero-order valence-corrected chi connectivity index (χ0v) is 10.3. The number of Topliss-reactive ketones (excluding diaryl/α,β-unsaturated/α-hetero) is 1. The molecule has 1 aliphatic heterocycles. The first-order valence-corrected chi connectivity index (χ1v) is 6.25. The van der Waals surface area contributed by atoms with Gasteiger partial charge in [0.15, 0.2) is 0 Å². The van der Waals surface area contributed by atoms with Crippen molar-refractivity contribution >= 4 is 5.78 Å². The lowest BCUT2D eigenvalue weighted by atomic mass is 9.93. The second kappa shape index (κ2) is 5.96. The highest BCUT2D eigenvalue weighted by Crippen LogP contribution is 2.20. The van der Waals surface area contributed by atoms with Gasteiger partial charge in [-0.05, 0) is 32.1 Å².